The Kier molecular flexibility index (Phi) is 3.86. The number of carbonyl (C=O) groups excluding carboxylic acids is 1. The van der Waals surface area contributed by atoms with Crippen molar-refractivity contribution in [1.82, 2.24) is 4.98 Å². The highest BCUT2D eigenvalue weighted by atomic mass is 35.5. The maximum absolute atomic E-state index is 13.0. The smallest absolute Gasteiger partial charge is 0.234 e. The number of rotatable bonds is 3. The van der Waals surface area contributed by atoms with Crippen LogP contribution in [0.5, 0.6) is 0 Å². The molecule has 0 aliphatic heterocycles. The molecule has 0 saturated carbocycles. The third-order valence-electron chi connectivity index (χ3n) is 3.99. The van der Waals surface area contributed by atoms with E-state index < -0.39 is 5.41 Å². The molecule has 0 saturated heterocycles. The van der Waals surface area contributed by atoms with Gasteiger partial charge in [0.2, 0.25) is 5.91 Å². The summed E-state index contributed by atoms with van der Waals surface area (Å²) in [6, 6.07) is 11.2. The van der Waals surface area contributed by atoms with E-state index in [1.54, 1.807) is 6.07 Å². The summed E-state index contributed by atoms with van der Waals surface area (Å²) < 4.78 is 13.0. The molecule has 1 aromatic heterocycles. The fourth-order valence-corrected chi connectivity index (χ4v) is 2.73. The van der Waals surface area contributed by atoms with E-state index in [1.165, 1.54) is 24.3 Å². The molecule has 23 heavy (non-hydrogen) atoms. The monoisotopic (exact) mass is 330 g/mol. The van der Waals surface area contributed by atoms with Crippen LogP contribution in [0.3, 0.4) is 0 Å². The van der Waals surface area contributed by atoms with Crippen LogP contribution in [0.25, 0.3) is 10.9 Å². The second-order valence-corrected chi connectivity index (χ2v) is 6.41. The molecule has 3 aromatic rings. The van der Waals surface area contributed by atoms with Gasteiger partial charge >= 0.3 is 0 Å². The lowest BCUT2D eigenvalue weighted by molar-refractivity contribution is -0.120. The Labute approximate surface area is 138 Å². The van der Waals surface area contributed by atoms with Crippen LogP contribution in [0.2, 0.25) is 5.02 Å². The number of amides is 1. The first kappa shape index (κ1) is 15.6. The average Bonchev–Trinajstić information content (AvgIpc) is 2.93. The van der Waals surface area contributed by atoms with Crippen molar-refractivity contribution < 1.29 is 9.18 Å². The summed E-state index contributed by atoms with van der Waals surface area (Å²) in [4.78, 5) is 15.8. The molecule has 2 aromatic carbocycles. The van der Waals surface area contributed by atoms with Crippen LogP contribution in [0, 0.1) is 5.82 Å². The van der Waals surface area contributed by atoms with Gasteiger partial charge in [0, 0.05) is 27.8 Å². The van der Waals surface area contributed by atoms with E-state index in [0.717, 1.165) is 16.5 Å². The van der Waals surface area contributed by atoms with E-state index >= 15 is 0 Å². The van der Waals surface area contributed by atoms with Crippen molar-refractivity contribution in [3.8, 4) is 0 Å². The lowest BCUT2D eigenvalue weighted by Crippen LogP contribution is -2.34. The van der Waals surface area contributed by atoms with Crippen molar-refractivity contribution in [3.63, 3.8) is 0 Å². The van der Waals surface area contributed by atoms with E-state index in [9.17, 15) is 9.18 Å². The summed E-state index contributed by atoms with van der Waals surface area (Å²) in [7, 11) is 0. The maximum Gasteiger partial charge on any atom is 0.234 e. The molecule has 1 amide bonds. The Morgan fingerprint density at radius 1 is 1.17 bits per heavy atom. The molecule has 0 spiro atoms. The highest BCUT2D eigenvalue weighted by Crippen LogP contribution is 2.32. The topological polar surface area (TPSA) is 44.9 Å². The zero-order valence-corrected chi connectivity index (χ0v) is 13.5. The second-order valence-electron chi connectivity index (χ2n) is 5.98. The first-order valence-electron chi connectivity index (χ1n) is 7.22. The maximum atomic E-state index is 13.0. The number of carbonyl (C=O) groups is 1. The van der Waals surface area contributed by atoms with Gasteiger partial charge in [-0.1, -0.05) is 17.7 Å². The Morgan fingerprint density at radius 3 is 2.57 bits per heavy atom. The molecule has 5 heteroatoms. The molecule has 0 aliphatic rings. The van der Waals surface area contributed by atoms with Crippen LogP contribution in [0.1, 0.15) is 19.4 Å². The van der Waals surface area contributed by atoms with Gasteiger partial charge in [0.15, 0.2) is 0 Å². The molecule has 0 bridgehead atoms. The predicted molar refractivity (Wildman–Crippen MR) is 91.4 cm³/mol. The molecule has 0 unspecified atom stereocenters. The minimum atomic E-state index is -0.763. The van der Waals surface area contributed by atoms with Crippen LogP contribution in [0.15, 0.2) is 48.7 Å². The summed E-state index contributed by atoms with van der Waals surface area (Å²) in [5, 5.41) is 4.42. The van der Waals surface area contributed by atoms with E-state index in [1.807, 2.05) is 32.2 Å². The number of hydrogen-bond acceptors (Lipinski definition) is 1. The zero-order chi connectivity index (χ0) is 16.6. The van der Waals surface area contributed by atoms with Crippen LogP contribution in [-0.2, 0) is 10.2 Å². The second kappa shape index (κ2) is 5.70. The van der Waals surface area contributed by atoms with Crippen LogP contribution in [0.4, 0.5) is 10.1 Å². The number of benzene rings is 2. The van der Waals surface area contributed by atoms with Gasteiger partial charge in [-0.2, -0.15) is 0 Å². The number of fused-ring (bicyclic) bond motifs is 1. The first-order chi connectivity index (χ1) is 10.9. The van der Waals surface area contributed by atoms with E-state index in [2.05, 4.69) is 10.3 Å². The Morgan fingerprint density at radius 2 is 1.87 bits per heavy atom. The molecular formula is C18H16ClFN2O. The fraction of sp³-hybridized carbons (Fsp3) is 0.167. The minimum absolute atomic E-state index is 0.167. The Bertz CT molecular complexity index is 868. The van der Waals surface area contributed by atoms with Crippen molar-refractivity contribution in [2.75, 3.05) is 5.32 Å². The molecule has 1 heterocycles. The summed E-state index contributed by atoms with van der Waals surface area (Å²) in [6.45, 7) is 3.70. The van der Waals surface area contributed by atoms with Crippen molar-refractivity contribution in [3.05, 3.63) is 65.1 Å². The van der Waals surface area contributed by atoms with Crippen LogP contribution in [-0.4, -0.2) is 10.9 Å². The lowest BCUT2D eigenvalue weighted by atomic mass is 9.83. The number of nitrogens with one attached hydrogen (secondary N) is 2. The van der Waals surface area contributed by atoms with Gasteiger partial charge in [-0.05, 0) is 55.8 Å². The number of aromatic amines is 1. The summed E-state index contributed by atoms with van der Waals surface area (Å²) in [5.41, 5.74) is 1.56. The third-order valence-corrected chi connectivity index (χ3v) is 4.22. The third kappa shape index (κ3) is 2.94. The molecule has 0 aliphatic carbocycles. The SMILES string of the molecule is CC(C)(C(=O)Nc1ccc(F)cc1)c1c[nH]c2cc(Cl)ccc12. The zero-order valence-electron chi connectivity index (χ0n) is 12.8. The number of aromatic nitrogens is 1. The number of H-pyrrole nitrogens is 1. The standard InChI is InChI=1S/C18H16ClFN2O/c1-18(2,17(23)22-13-6-4-12(20)5-7-13)15-10-21-16-9-11(19)3-8-14(15)16/h3-10,21H,1-2H3,(H,22,23). The van der Waals surface area contributed by atoms with Crippen molar-refractivity contribution in [1.29, 1.82) is 0 Å². The molecule has 3 rings (SSSR count). The van der Waals surface area contributed by atoms with Crippen molar-refractivity contribution in [2.24, 2.45) is 0 Å². The Balaban J connectivity index is 1.92. The van der Waals surface area contributed by atoms with Gasteiger partial charge in [-0.3, -0.25) is 4.79 Å². The van der Waals surface area contributed by atoms with E-state index in [-0.39, 0.29) is 11.7 Å². The number of halogens is 2. The summed E-state index contributed by atoms with van der Waals surface area (Å²) in [6.07, 6.45) is 1.82. The molecule has 0 radical (unpaired) electrons. The van der Waals surface area contributed by atoms with Gasteiger partial charge < -0.3 is 10.3 Å². The molecule has 0 fully saturated rings. The predicted octanol–water partition coefficient (Wildman–Crippen LogP) is 4.88. The van der Waals surface area contributed by atoms with Crippen molar-refractivity contribution >= 4 is 34.1 Å². The van der Waals surface area contributed by atoms with Crippen LogP contribution >= 0.6 is 11.6 Å². The van der Waals surface area contributed by atoms with Gasteiger partial charge in [0.25, 0.3) is 0 Å². The van der Waals surface area contributed by atoms with Crippen LogP contribution < -0.4 is 5.32 Å². The highest BCUT2D eigenvalue weighted by Gasteiger charge is 2.32. The molecule has 3 nitrogen and oxygen atoms in total. The van der Waals surface area contributed by atoms with Gasteiger partial charge in [0.05, 0.1) is 5.41 Å². The van der Waals surface area contributed by atoms with Gasteiger partial charge in [-0.25, -0.2) is 4.39 Å². The largest absolute Gasteiger partial charge is 0.361 e. The minimum Gasteiger partial charge on any atom is -0.361 e. The molecule has 0 atom stereocenters. The quantitative estimate of drug-likeness (QED) is 0.706. The number of anilines is 1. The normalized spacial score (nSPS) is 11.7. The lowest BCUT2D eigenvalue weighted by Gasteiger charge is -2.23. The summed E-state index contributed by atoms with van der Waals surface area (Å²) in [5.74, 6) is -0.504. The molecule has 118 valence electrons. The molecular weight excluding hydrogens is 315 g/mol. The summed E-state index contributed by atoms with van der Waals surface area (Å²) >= 11 is 5.99. The van der Waals surface area contributed by atoms with Gasteiger partial charge in [0.1, 0.15) is 5.82 Å². The fourth-order valence-electron chi connectivity index (χ4n) is 2.56. The molecule has 2 N–H and O–H groups in total. The van der Waals surface area contributed by atoms with E-state index in [4.69, 9.17) is 11.6 Å². The van der Waals surface area contributed by atoms with Crippen molar-refractivity contribution in [2.45, 2.75) is 19.3 Å². The van der Waals surface area contributed by atoms with Gasteiger partial charge in [-0.15, -0.1) is 0 Å². The van der Waals surface area contributed by atoms with E-state index in [0.29, 0.717) is 10.7 Å². The number of hydrogen-bond donors (Lipinski definition) is 2. The average molecular weight is 331 g/mol. The highest BCUT2D eigenvalue weighted by molar-refractivity contribution is 6.31. The first-order valence-corrected chi connectivity index (χ1v) is 7.60. The Hall–Kier alpha value is -2.33.